The summed E-state index contributed by atoms with van der Waals surface area (Å²) in [4.78, 5) is 24.8. The monoisotopic (exact) mass is 484 g/mol. The van der Waals surface area contributed by atoms with E-state index in [1.165, 1.54) is 5.56 Å². The summed E-state index contributed by atoms with van der Waals surface area (Å²) in [5.74, 6) is 0.955. The summed E-state index contributed by atoms with van der Waals surface area (Å²) >= 11 is 5.67. The minimum absolute atomic E-state index is 0.239. The van der Waals surface area contributed by atoms with Crippen LogP contribution in [-0.4, -0.2) is 77.2 Å². The molecule has 7 heteroatoms. The number of fused-ring (bicyclic) bond motifs is 1. The molecule has 1 aromatic carbocycles. The van der Waals surface area contributed by atoms with E-state index in [9.17, 15) is 4.79 Å². The van der Waals surface area contributed by atoms with Crippen molar-refractivity contribution in [2.45, 2.75) is 59.5 Å². The summed E-state index contributed by atoms with van der Waals surface area (Å²) in [7, 11) is 0. The predicted molar refractivity (Wildman–Crippen MR) is 145 cm³/mol. The van der Waals surface area contributed by atoms with E-state index in [0.717, 1.165) is 73.6 Å². The third kappa shape index (κ3) is 7.64. The number of piperazine rings is 1. The molecular formula is C27H40N4O2S. The molecule has 0 N–H and O–H groups in total. The van der Waals surface area contributed by atoms with Gasteiger partial charge in [-0.2, -0.15) is 0 Å². The molecule has 0 bridgehead atoms. The van der Waals surface area contributed by atoms with Gasteiger partial charge in [0.25, 0.3) is 0 Å². The van der Waals surface area contributed by atoms with Crippen LogP contribution in [0.5, 0.6) is 0 Å². The van der Waals surface area contributed by atoms with E-state index in [1.54, 1.807) is 4.90 Å². The van der Waals surface area contributed by atoms with Gasteiger partial charge in [-0.25, -0.2) is 9.78 Å². The van der Waals surface area contributed by atoms with E-state index in [2.05, 4.69) is 54.0 Å². The van der Waals surface area contributed by atoms with Crippen LogP contribution in [0.25, 0.3) is 10.9 Å². The van der Waals surface area contributed by atoms with Crippen molar-refractivity contribution in [2.75, 3.05) is 50.7 Å². The summed E-state index contributed by atoms with van der Waals surface area (Å²) < 4.78 is 5.50. The molecule has 0 aliphatic carbocycles. The first kappa shape index (κ1) is 26.4. The summed E-state index contributed by atoms with van der Waals surface area (Å²) in [5, 5.41) is 1.14. The van der Waals surface area contributed by atoms with Crippen LogP contribution in [-0.2, 0) is 11.2 Å². The van der Waals surface area contributed by atoms with Gasteiger partial charge in [-0.15, -0.1) is 0 Å². The lowest BCUT2D eigenvalue weighted by molar-refractivity contribution is 0.0240. The Hall–Kier alpha value is -2.25. The van der Waals surface area contributed by atoms with Gasteiger partial charge in [0, 0.05) is 38.0 Å². The molecule has 1 aliphatic rings. The highest BCUT2D eigenvalue weighted by atomic mass is 32.1. The Bertz CT molecular complexity index is 976. The maximum absolute atomic E-state index is 12.3. The zero-order valence-corrected chi connectivity index (χ0v) is 22.3. The number of ether oxygens (including phenoxy) is 1. The van der Waals surface area contributed by atoms with Crippen molar-refractivity contribution in [3.05, 3.63) is 35.9 Å². The van der Waals surface area contributed by atoms with E-state index in [-0.39, 0.29) is 6.09 Å². The van der Waals surface area contributed by atoms with Gasteiger partial charge in [-0.05, 0) is 87.9 Å². The number of carbonyl (C=O) groups is 1. The Morgan fingerprint density at radius 1 is 1.09 bits per heavy atom. The van der Waals surface area contributed by atoms with E-state index in [1.807, 2.05) is 20.8 Å². The normalized spacial score (nSPS) is 14.6. The molecule has 186 valence electrons. The second-order valence-electron chi connectivity index (χ2n) is 10.00. The maximum Gasteiger partial charge on any atom is 0.410 e. The summed E-state index contributed by atoms with van der Waals surface area (Å²) in [6, 6.07) is 10.7. The van der Waals surface area contributed by atoms with Gasteiger partial charge in [-0.1, -0.05) is 32.1 Å². The largest absolute Gasteiger partial charge is 0.444 e. The highest BCUT2D eigenvalue weighted by molar-refractivity contribution is 7.80. The van der Waals surface area contributed by atoms with E-state index >= 15 is 0 Å². The quantitative estimate of drug-likeness (QED) is 0.449. The molecule has 0 spiro atoms. The molecule has 2 aromatic rings. The second-order valence-corrected chi connectivity index (χ2v) is 10.6. The molecule has 34 heavy (non-hydrogen) atoms. The number of hydrogen-bond donors (Lipinski definition) is 0. The van der Waals surface area contributed by atoms with Gasteiger partial charge in [0.05, 0.1) is 5.52 Å². The number of rotatable bonds is 9. The number of benzene rings is 1. The zero-order chi connectivity index (χ0) is 24.7. The minimum Gasteiger partial charge on any atom is -0.444 e. The number of hydrogen-bond acceptors (Lipinski definition) is 6. The van der Waals surface area contributed by atoms with Crippen LogP contribution in [0.3, 0.4) is 0 Å². The van der Waals surface area contributed by atoms with Crippen molar-refractivity contribution in [2.24, 2.45) is 0 Å². The van der Waals surface area contributed by atoms with Crippen molar-refractivity contribution >= 4 is 39.9 Å². The summed E-state index contributed by atoms with van der Waals surface area (Å²) in [5.41, 5.74) is 1.77. The topological polar surface area (TPSA) is 48.9 Å². The smallest absolute Gasteiger partial charge is 0.410 e. The van der Waals surface area contributed by atoms with Crippen LogP contribution < -0.4 is 4.90 Å². The Balaban J connectivity index is 1.54. The fourth-order valence-corrected chi connectivity index (χ4v) is 4.56. The number of amides is 1. The van der Waals surface area contributed by atoms with E-state index in [4.69, 9.17) is 21.9 Å². The van der Waals surface area contributed by atoms with Gasteiger partial charge in [0.1, 0.15) is 11.4 Å². The Morgan fingerprint density at radius 3 is 2.44 bits per heavy atom. The predicted octanol–water partition coefficient (Wildman–Crippen LogP) is 5.33. The first-order valence-electron chi connectivity index (χ1n) is 12.5. The van der Waals surface area contributed by atoms with Gasteiger partial charge in [0.2, 0.25) is 0 Å². The third-order valence-electron chi connectivity index (χ3n) is 6.22. The lowest BCUT2D eigenvalue weighted by Gasteiger charge is -2.36. The molecule has 0 unspecified atom stereocenters. The van der Waals surface area contributed by atoms with E-state index < -0.39 is 5.60 Å². The van der Waals surface area contributed by atoms with Crippen LogP contribution in [0.4, 0.5) is 10.6 Å². The zero-order valence-electron chi connectivity index (χ0n) is 21.5. The number of nitrogens with zero attached hydrogens (tertiary/aromatic N) is 4. The van der Waals surface area contributed by atoms with Gasteiger partial charge >= 0.3 is 6.09 Å². The van der Waals surface area contributed by atoms with Crippen LogP contribution in [0.1, 0.15) is 53.0 Å². The van der Waals surface area contributed by atoms with Gasteiger partial charge < -0.3 is 19.4 Å². The SMILES string of the molecule is CCN(CC)CCCC(=S)Cc1ccc2nc(N3CCN(C(=O)OC(C)(C)C)CC3)ccc2c1. The van der Waals surface area contributed by atoms with Crippen molar-refractivity contribution < 1.29 is 9.53 Å². The lowest BCUT2D eigenvalue weighted by Crippen LogP contribution is -2.50. The summed E-state index contributed by atoms with van der Waals surface area (Å²) in [6.45, 7) is 16.2. The van der Waals surface area contributed by atoms with Crippen molar-refractivity contribution in [1.29, 1.82) is 0 Å². The first-order chi connectivity index (χ1) is 16.2. The number of carbonyl (C=O) groups excluding carboxylic acids is 1. The molecule has 1 aromatic heterocycles. The molecular weight excluding hydrogens is 444 g/mol. The van der Waals surface area contributed by atoms with Gasteiger partial charge in [-0.3, -0.25) is 0 Å². The first-order valence-corrected chi connectivity index (χ1v) is 13.0. The molecule has 1 saturated heterocycles. The third-order valence-corrected chi connectivity index (χ3v) is 6.57. The standard InChI is InChI=1S/C27H40N4O2S/c1-6-29(7-2)14-8-9-23(34)20-21-10-12-24-22(19-21)11-13-25(28-24)30-15-17-31(18-16-30)26(32)33-27(3,4)5/h10-13,19H,6-9,14-18,20H2,1-5H3. The molecule has 1 aliphatic heterocycles. The van der Waals surface area contributed by atoms with Crippen molar-refractivity contribution in [1.82, 2.24) is 14.8 Å². The number of thiocarbonyl (C=S) groups is 1. The molecule has 0 radical (unpaired) electrons. The molecule has 0 atom stereocenters. The lowest BCUT2D eigenvalue weighted by atomic mass is 10.0. The number of pyridine rings is 1. The van der Waals surface area contributed by atoms with Crippen LogP contribution in [0.2, 0.25) is 0 Å². The highest BCUT2D eigenvalue weighted by Crippen LogP contribution is 2.22. The van der Waals surface area contributed by atoms with Gasteiger partial charge in [0.15, 0.2) is 0 Å². The summed E-state index contributed by atoms with van der Waals surface area (Å²) in [6.07, 6.45) is 2.73. The fourth-order valence-electron chi connectivity index (χ4n) is 4.25. The average molecular weight is 485 g/mol. The Kier molecular flexibility index (Phi) is 9.25. The molecule has 2 heterocycles. The Labute approximate surface area is 210 Å². The van der Waals surface area contributed by atoms with Crippen LogP contribution >= 0.6 is 12.2 Å². The van der Waals surface area contributed by atoms with Crippen LogP contribution in [0.15, 0.2) is 30.3 Å². The molecule has 3 rings (SSSR count). The maximum atomic E-state index is 12.3. The Morgan fingerprint density at radius 2 is 1.79 bits per heavy atom. The molecule has 6 nitrogen and oxygen atoms in total. The van der Waals surface area contributed by atoms with Crippen LogP contribution in [0, 0.1) is 0 Å². The molecule has 1 amide bonds. The molecule has 0 saturated carbocycles. The highest BCUT2D eigenvalue weighted by Gasteiger charge is 2.26. The fraction of sp³-hybridized carbons (Fsp3) is 0.593. The van der Waals surface area contributed by atoms with E-state index in [0.29, 0.717) is 13.1 Å². The minimum atomic E-state index is -0.470. The second kappa shape index (κ2) is 11.9. The molecule has 1 fully saturated rings. The number of anilines is 1. The number of aromatic nitrogens is 1. The van der Waals surface area contributed by atoms with Crippen molar-refractivity contribution in [3.63, 3.8) is 0 Å². The van der Waals surface area contributed by atoms with Crippen molar-refractivity contribution in [3.8, 4) is 0 Å². The average Bonchev–Trinajstić information content (AvgIpc) is 2.80.